The van der Waals surface area contributed by atoms with Crippen LogP contribution in [0.4, 0.5) is 25.0 Å². The molecule has 1 aliphatic rings. The van der Waals surface area contributed by atoms with E-state index in [1.165, 1.54) is 0 Å². The standard InChI is InChI=1S/C12H15F2N3O/c13-7-5-9(14)11(10(15)6-7)17-12(18)16-8-3-1-2-4-8/h5-6,8H,1-4,15H2,(H2,16,17,18). The van der Waals surface area contributed by atoms with Gasteiger partial charge in [0.05, 0.1) is 5.69 Å². The minimum Gasteiger partial charge on any atom is -0.397 e. The van der Waals surface area contributed by atoms with Gasteiger partial charge < -0.3 is 16.4 Å². The topological polar surface area (TPSA) is 67.1 Å². The van der Waals surface area contributed by atoms with Crippen LogP contribution in [0.25, 0.3) is 0 Å². The molecule has 1 aliphatic carbocycles. The van der Waals surface area contributed by atoms with Crippen LogP contribution in [-0.2, 0) is 0 Å². The normalized spacial score (nSPS) is 15.7. The number of nitrogens with one attached hydrogen (secondary N) is 2. The van der Waals surface area contributed by atoms with Crippen molar-refractivity contribution < 1.29 is 13.6 Å². The van der Waals surface area contributed by atoms with Gasteiger partial charge in [0, 0.05) is 12.1 Å². The molecule has 0 unspecified atom stereocenters. The van der Waals surface area contributed by atoms with E-state index in [1.807, 2.05) is 0 Å². The molecule has 0 bridgehead atoms. The van der Waals surface area contributed by atoms with E-state index in [-0.39, 0.29) is 17.4 Å². The Bertz CT molecular complexity index is 436. The lowest BCUT2D eigenvalue weighted by atomic mass is 10.2. The van der Waals surface area contributed by atoms with Crippen LogP contribution in [0.15, 0.2) is 12.1 Å². The second-order valence-corrected chi connectivity index (χ2v) is 4.43. The SMILES string of the molecule is Nc1cc(F)cc(F)c1NC(=O)NC1CCCC1. The van der Waals surface area contributed by atoms with Crippen LogP contribution >= 0.6 is 0 Å². The van der Waals surface area contributed by atoms with Gasteiger partial charge in [0.25, 0.3) is 0 Å². The predicted molar refractivity (Wildman–Crippen MR) is 65.2 cm³/mol. The fourth-order valence-electron chi connectivity index (χ4n) is 2.13. The zero-order valence-electron chi connectivity index (χ0n) is 9.80. The highest BCUT2D eigenvalue weighted by Gasteiger charge is 2.18. The van der Waals surface area contributed by atoms with Crippen LogP contribution in [0.1, 0.15) is 25.7 Å². The molecular weight excluding hydrogens is 240 g/mol. The van der Waals surface area contributed by atoms with Crippen LogP contribution in [0.5, 0.6) is 0 Å². The number of nitrogens with two attached hydrogens (primary N) is 1. The van der Waals surface area contributed by atoms with Gasteiger partial charge >= 0.3 is 6.03 Å². The first kappa shape index (κ1) is 12.6. The van der Waals surface area contributed by atoms with Crippen molar-refractivity contribution in [3.63, 3.8) is 0 Å². The van der Waals surface area contributed by atoms with E-state index in [0.717, 1.165) is 31.7 Å². The summed E-state index contributed by atoms with van der Waals surface area (Å²) >= 11 is 0. The molecular formula is C12H15F2N3O. The Labute approximate surface area is 104 Å². The van der Waals surface area contributed by atoms with Crippen molar-refractivity contribution in [3.05, 3.63) is 23.8 Å². The Balaban J connectivity index is 2.02. The van der Waals surface area contributed by atoms with E-state index >= 15 is 0 Å². The van der Waals surface area contributed by atoms with Crippen LogP contribution in [0.3, 0.4) is 0 Å². The summed E-state index contributed by atoms with van der Waals surface area (Å²) in [6, 6.07) is 1.25. The number of anilines is 2. The quantitative estimate of drug-likeness (QED) is 0.711. The fourth-order valence-corrected chi connectivity index (χ4v) is 2.13. The molecule has 2 amide bonds. The molecule has 0 saturated heterocycles. The number of rotatable bonds is 2. The average Bonchev–Trinajstić information content (AvgIpc) is 2.76. The largest absolute Gasteiger partial charge is 0.397 e. The van der Waals surface area contributed by atoms with Gasteiger partial charge in [-0.3, -0.25) is 0 Å². The third-order valence-corrected chi connectivity index (χ3v) is 3.01. The van der Waals surface area contributed by atoms with Gasteiger partial charge in [0.15, 0.2) is 5.82 Å². The third kappa shape index (κ3) is 2.88. The molecule has 6 heteroatoms. The van der Waals surface area contributed by atoms with E-state index < -0.39 is 17.7 Å². The number of carbonyl (C=O) groups excluding carboxylic acids is 1. The molecule has 0 spiro atoms. The van der Waals surface area contributed by atoms with Crippen LogP contribution in [0, 0.1) is 11.6 Å². The summed E-state index contributed by atoms with van der Waals surface area (Å²) in [4.78, 5) is 11.6. The average molecular weight is 255 g/mol. The Kier molecular flexibility index (Phi) is 3.64. The molecule has 1 saturated carbocycles. The molecule has 1 aromatic rings. The van der Waals surface area contributed by atoms with Crippen LogP contribution < -0.4 is 16.4 Å². The molecule has 98 valence electrons. The Morgan fingerprint density at radius 1 is 1.28 bits per heavy atom. The highest BCUT2D eigenvalue weighted by Crippen LogP contribution is 2.24. The molecule has 4 N–H and O–H groups in total. The summed E-state index contributed by atoms with van der Waals surface area (Å²) in [6.07, 6.45) is 4.01. The van der Waals surface area contributed by atoms with Crippen molar-refractivity contribution in [2.75, 3.05) is 11.1 Å². The summed E-state index contributed by atoms with van der Waals surface area (Å²) in [5, 5.41) is 5.05. The predicted octanol–water partition coefficient (Wildman–Crippen LogP) is 2.61. The number of hydrogen-bond donors (Lipinski definition) is 3. The maximum Gasteiger partial charge on any atom is 0.319 e. The lowest BCUT2D eigenvalue weighted by Gasteiger charge is -2.14. The smallest absolute Gasteiger partial charge is 0.319 e. The summed E-state index contributed by atoms with van der Waals surface area (Å²) in [5.41, 5.74) is 5.14. The summed E-state index contributed by atoms with van der Waals surface area (Å²) in [6.45, 7) is 0. The Hall–Kier alpha value is -1.85. The molecule has 0 radical (unpaired) electrons. The summed E-state index contributed by atoms with van der Waals surface area (Å²) < 4.78 is 26.2. The molecule has 4 nitrogen and oxygen atoms in total. The highest BCUT2D eigenvalue weighted by molar-refractivity contribution is 5.92. The van der Waals surface area contributed by atoms with Crippen molar-refractivity contribution in [1.82, 2.24) is 5.32 Å². The number of nitrogen functional groups attached to an aromatic ring is 1. The van der Waals surface area contributed by atoms with Gasteiger partial charge in [-0.05, 0) is 18.9 Å². The Morgan fingerprint density at radius 3 is 2.56 bits per heavy atom. The first-order chi connectivity index (χ1) is 8.56. The lowest BCUT2D eigenvalue weighted by Crippen LogP contribution is -2.36. The van der Waals surface area contributed by atoms with Gasteiger partial charge in [-0.15, -0.1) is 0 Å². The van der Waals surface area contributed by atoms with Gasteiger partial charge in [-0.2, -0.15) is 0 Å². The number of halogens is 2. The van der Waals surface area contributed by atoms with Crippen LogP contribution in [-0.4, -0.2) is 12.1 Å². The highest BCUT2D eigenvalue weighted by atomic mass is 19.1. The molecule has 1 aromatic carbocycles. The number of urea groups is 1. The summed E-state index contributed by atoms with van der Waals surface area (Å²) in [7, 11) is 0. The molecule has 0 aromatic heterocycles. The second kappa shape index (κ2) is 5.20. The van der Waals surface area contributed by atoms with Gasteiger partial charge in [0.1, 0.15) is 11.5 Å². The maximum atomic E-state index is 13.4. The van der Waals surface area contributed by atoms with E-state index in [4.69, 9.17) is 5.73 Å². The lowest BCUT2D eigenvalue weighted by molar-refractivity contribution is 0.248. The van der Waals surface area contributed by atoms with E-state index in [2.05, 4.69) is 10.6 Å². The summed E-state index contributed by atoms with van der Waals surface area (Å²) in [5.74, 6) is -1.65. The minimum atomic E-state index is -0.880. The second-order valence-electron chi connectivity index (χ2n) is 4.43. The number of amides is 2. The number of hydrogen-bond acceptors (Lipinski definition) is 2. The molecule has 0 heterocycles. The molecule has 0 atom stereocenters. The van der Waals surface area contributed by atoms with E-state index in [1.54, 1.807) is 0 Å². The van der Waals surface area contributed by atoms with Crippen molar-refractivity contribution in [2.45, 2.75) is 31.7 Å². The first-order valence-electron chi connectivity index (χ1n) is 5.88. The third-order valence-electron chi connectivity index (χ3n) is 3.01. The Morgan fingerprint density at radius 2 is 1.94 bits per heavy atom. The van der Waals surface area contributed by atoms with Crippen LogP contribution in [0.2, 0.25) is 0 Å². The van der Waals surface area contributed by atoms with Gasteiger partial charge in [-0.25, -0.2) is 13.6 Å². The van der Waals surface area contributed by atoms with E-state index in [0.29, 0.717) is 6.07 Å². The zero-order chi connectivity index (χ0) is 13.1. The van der Waals surface area contributed by atoms with Gasteiger partial charge in [0.2, 0.25) is 0 Å². The van der Waals surface area contributed by atoms with Crippen molar-refractivity contribution in [2.24, 2.45) is 0 Å². The van der Waals surface area contributed by atoms with Crippen molar-refractivity contribution >= 4 is 17.4 Å². The van der Waals surface area contributed by atoms with E-state index in [9.17, 15) is 13.6 Å². The number of benzene rings is 1. The molecule has 18 heavy (non-hydrogen) atoms. The molecule has 0 aliphatic heterocycles. The fraction of sp³-hybridized carbons (Fsp3) is 0.417. The number of carbonyl (C=O) groups is 1. The first-order valence-corrected chi connectivity index (χ1v) is 5.88. The van der Waals surface area contributed by atoms with Crippen molar-refractivity contribution in [3.8, 4) is 0 Å². The zero-order valence-corrected chi connectivity index (χ0v) is 9.80. The minimum absolute atomic E-state index is 0.120. The maximum absolute atomic E-state index is 13.4. The van der Waals surface area contributed by atoms with Crippen molar-refractivity contribution in [1.29, 1.82) is 0 Å². The van der Waals surface area contributed by atoms with Gasteiger partial charge in [-0.1, -0.05) is 12.8 Å². The molecule has 2 rings (SSSR count). The monoisotopic (exact) mass is 255 g/mol. The molecule has 1 fully saturated rings.